The Hall–Kier alpha value is -2.69. The van der Waals surface area contributed by atoms with E-state index in [-0.39, 0.29) is 0 Å². The highest BCUT2D eigenvalue weighted by Crippen LogP contribution is 2.29. The van der Waals surface area contributed by atoms with Crippen LogP contribution < -0.4 is 15.2 Å². The molecule has 0 radical (unpaired) electrons. The molecular formula is C16H17N3O2. The molecule has 0 aliphatic rings. The van der Waals surface area contributed by atoms with Crippen molar-refractivity contribution in [1.29, 1.82) is 0 Å². The number of aromatic nitrogens is 2. The number of fused-ring (bicyclic) bond motifs is 1. The molecule has 2 N–H and O–H groups in total. The highest BCUT2D eigenvalue weighted by Gasteiger charge is 2.11. The number of nitrogens with zero attached hydrogens (tertiary/aromatic N) is 2. The van der Waals surface area contributed by atoms with E-state index in [1.165, 1.54) is 0 Å². The van der Waals surface area contributed by atoms with E-state index in [4.69, 9.17) is 15.2 Å². The number of anilines is 1. The van der Waals surface area contributed by atoms with E-state index in [9.17, 15) is 0 Å². The number of benzene rings is 1. The van der Waals surface area contributed by atoms with Crippen molar-refractivity contribution in [3.8, 4) is 11.5 Å². The molecule has 0 bridgehead atoms. The Morgan fingerprint density at radius 2 is 1.90 bits per heavy atom. The Morgan fingerprint density at radius 3 is 2.62 bits per heavy atom. The van der Waals surface area contributed by atoms with Crippen molar-refractivity contribution in [2.75, 3.05) is 20.0 Å². The number of imidazole rings is 1. The molecule has 2 aromatic heterocycles. The number of ether oxygens (including phenoxy) is 2. The van der Waals surface area contributed by atoms with Gasteiger partial charge in [0.25, 0.3) is 0 Å². The Kier molecular flexibility index (Phi) is 3.39. The van der Waals surface area contributed by atoms with E-state index < -0.39 is 0 Å². The fourth-order valence-corrected chi connectivity index (χ4v) is 2.38. The molecule has 1 aromatic carbocycles. The number of hydrogen-bond acceptors (Lipinski definition) is 4. The maximum atomic E-state index is 6.16. The summed E-state index contributed by atoms with van der Waals surface area (Å²) in [5, 5.41) is 0. The summed E-state index contributed by atoms with van der Waals surface area (Å²) in [7, 11) is 3.25. The lowest BCUT2D eigenvalue weighted by Crippen LogP contribution is -1.98. The maximum absolute atomic E-state index is 6.16. The van der Waals surface area contributed by atoms with E-state index in [1.807, 2.05) is 47.0 Å². The first-order chi connectivity index (χ1) is 10.2. The van der Waals surface area contributed by atoms with Crippen LogP contribution in [-0.4, -0.2) is 23.6 Å². The topological polar surface area (TPSA) is 61.8 Å². The third kappa shape index (κ3) is 2.38. The minimum absolute atomic E-state index is 0.647. The number of methoxy groups -OCH3 is 2. The van der Waals surface area contributed by atoms with Gasteiger partial charge in [-0.05, 0) is 29.8 Å². The van der Waals surface area contributed by atoms with Gasteiger partial charge < -0.3 is 15.2 Å². The average molecular weight is 283 g/mol. The second-order valence-corrected chi connectivity index (χ2v) is 4.74. The van der Waals surface area contributed by atoms with Crippen LogP contribution in [0.5, 0.6) is 11.5 Å². The SMILES string of the molecule is COc1ccc(Cc2nc3ccccn3c2N)cc1OC. The fourth-order valence-electron chi connectivity index (χ4n) is 2.38. The van der Waals surface area contributed by atoms with Crippen LogP contribution in [0.4, 0.5) is 5.82 Å². The minimum Gasteiger partial charge on any atom is -0.493 e. The van der Waals surface area contributed by atoms with Crippen LogP contribution >= 0.6 is 0 Å². The number of hydrogen-bond donors (Lipinski definition) is 1. The highest BCUT2D eigenvalue weighted by atomic mass is 16.5. The van der Waals surface area contributed by atoms with Crippen molar-refractivity contribution >= 4 is 11.5 Å². The normalized spacial score (nSPS) is 10.8. The summed E-state index contributed by atoms with van der Waals surface area (Å²) in [6.45, 7) is 0. The van der Waals surface area contributed by atoms with Gasteiger partial charge in [0.05, 0.1) is 19.9 Å². The first kappa shape index (κ1) is 13.3. The average Bonchev–Trinajstić information content (AvgIpc) is 2.84. The molecule has 0 fully saturated rings. The van der Waals surface area contributed by atoms with E-state index in [0.29, 0.717) is 23.7 Å². The summed E-state index contributed by atoms with van der Waals surface area (Å²) in [5.74, 6) is 2.09. The summed E-state index contributed by atoms with van der Waals surface area (Å²) >= 11 is 0. The molecule has 0 aliphatic heterocycles. The third-order valence-electron chi connectivity index (χ3n) is 3.46. The van der Waals surface area contributed by atoms with E-state index in [2.05, 4.69) is 4.98 Å². The molecule has 3 aromatic rings. The maximum Gasteiger partial charge on any atom is 0.160 e. The zero-order valence-corrected chi connectivity index (χ0v) is 12.0. The molecule has 0 spiro atoms. The highest BCUT2D eigenvalue weighted by molar-refractivity contribution is 5.54. The summed E-state index contributed by atoms with van der Waals surface area (Å²) in [5.41, 5.74) is 8.94. The van der Waals surface area contributed by atoms with Gasteiger partial charge in [-0.25, -0.2) is 4.98 Å². The van der Waals surface area contributed by atoms with Gasteiger partial charge in [-0.1, -0.05) is 12.1 Å². The molecular weight excluding hydrogens is 266 g/mol. The lowest BCUT2D eigenvalue weighted by molar-refractivity contribution is 0.354. The van der Waals surface area contributed by atoms with Gasteiger partial charge >= 0.3 is 0 Å². The van der Waals surface area contributed by atoms with Crippen molar-refractivity contribution in [2.45, 2.75) is 6.42 Å². The predicted octanol–water partition coefficient (Wildman–Crippen LogP) is 2.52. The van der Waals surface area contributed by atoms with Crippen molar-refractivity contribution in [3.05, 3.63) is 53.9 Å². The smallest absolute Gasteiger partial charge is 0.160 e. The Morgan fingerprint density at radius 1 is 1.10 bits per heavy atom. The van der Waals surface area contributed by atoms with E-state index >= 15 is 0 Å². The molecule has 0 saturated heterocycles. The van der Waals surface area contributed by atoms with Gasteiger partial charge in [-0.2, -0.15) is 0 Å². The Balaban J connectivity index is 1.96. The second kappa shape index (κ2) is 5.36. The van der Waals surface area contributed by atoms with Gasteiger partial charge in [0.15, 0.2) is 11.5 Å². The summed E-state index contributed by atoms with van der Waals surface area (Å²) in [6.07, 6.45) is 2.56. The molecule has 3 rings (SSSR count). The van der Waals surface area contributed by atoms with Crippen LogP contribution in [-0.2, 0) is 6.42 Å². The Bertz CT molecular complexity index is 780. The van der Waals surface area contributed by atoms with Crippen molar-refractivity contribution in [1.82, 2.24) is 9.38 Å². The van der Waals surface area contributed by atoms with Crippen molar-refractivity contribution < 1.29 is 9.47 Å². The Labute approximate surface area is 122 Å². The quantitative estimate of drug-likeness (QED) is 0.799. The largest absolute Gasteiger partial charge is 0.493 e. The lowest BCUT2D eigenvalue weighted by atomic mass is 10.1. The summed E-state index contributed by atoms with van der Waals surface area (Å²) in [6, 6.07) is 11.6. The molecule has 5 heteroatoms. The first-order valence-corrected chi connectivity index (χ1v) is 6.65. The predicted molar refractivity (Wildman–Crippen MR) is 82.0 cm³/mol. The molecule has 5 nitrogen and oxygen atoms in total. The standard InChI is InChI=1S/C16H17N3O2/c1-20-13-7-6-11(10-14(13)21-2)9-12-16(17)19-8-4-3-5-15(19)18-12/h3-8,10H,9,17H2,1-2H3. The number of pyridine rings is 1. The second-order valence-electron chi connectivity index (χ2n) is 4.74. The number of rotatable bonds is 4. The van der Waals surface area contributed by atoms with Crippen LogP contribution in [0.3, 0.4) is 0 Å². The van der Waals surface area contributed by atoms with Crippen molar-refractivity contribution in [2.24, 2.45) is 0 Å². The van der Waals surface area contributed by atoms with E-state index in [0.717, 1.165) is 16.9 Å². The first-order valence-electron chi connectivity index (χ1n) is 6.65. The monoisotopic (exact) mass is 283 g/mol. The van der Waals surface area contributed by atoms with Crippen LogP contribution in [0.2, 0.25) is 0 Å². The van der Waals surface area contributed by atoms with E-state index in [1.54, 1.807) is 14.2 Å². The van der Waals surface area contributed by atoms with Crippen molar-refractivity contribution in [3.63, 3.8) is 0 Å². The molecule has 108 valence electrons. The van der Waals surface area contributed by atoms with Crippen LogP contribution in [0.25, 0.3) is 5.65 Å². The zero-order valence-electron chi connectivity index (χ0n) is 12.0. The van der Waals surface area contributed by atoms with Gasteiger partial charge in [-0.3, -0.25) is 4.40 Å². The van der Waals surface area contributed by atoms with Gasteiger partial charge in [0.1, 0.15) is 11.5 Å². The van der Waals surface area contributed by atoms with Gasteiger partial charge in [-0.15, -0.1) is 0 Å². The molecule has 2 heterocycles. The summed E-state index contributed by atoms with van der Waals surface area (Å²) < 4.78 is 12.5. The third-order valence-corrected chi connectivity index (χ3v) is 3.46. The fraction of sp³-hybridized carbons (Fsp3) is 0.188. The van der Waals surface area contributed by atoms with Gasteiger partial charge in [0, 0.05) is 12.6 Å². The summed E-state index contributed by atoms with van der Waals surface area (Å²) in [4.78, 5) is 4.57. The number of nitrogen functional groups attached to an aromatic ring is 1. The zero-order chi connectivity index (χ0) is 14.8. The van der Waals surface area contributed by atoms with Crippen LogP contribution in [0.1, 0.15) is 11.3 Å². The molecule has 21 heavy (non-hydrogen) atoms. The molecule has 0 unspecified atom stereocenters. The molecule has 0 aliphatic carbocycles. The molecule has 0 saturated carbocycles. The molecule has 0 atom stereocenters. The molecule has 0 amide bonds. The van der Waals surface area contributed by atoms with Crippen LogP contribution in [0, 0.1) is 0 Å². The minimum atomic E-state index is 0.647. The lowest BCUT2D eigenvalue weighted by Gasteiger charge is -2.09. The van der Waals surface area contributed by atoms with Gasteiger partial charge in [0.2, 0.25) is 0 Å². The number of nitrogens with two attached hydrogens (primary N) is 1. The van der Waals surface area contributed by atoms with Crippen LogP contribution in [0.15, 0.2) is 42.6 Å².